The average Bonchev–Trinajstić information content (AvgIpc) is 2.67. The highest BCUT2D eigenvalue weighted by molar-refractivity contribution is 7.89. The van der Waals surface area contributed by atoms with Crippen molar-refractivity contribution in [2.45, 2.75) is 11.5 Å². The third kappa shape index (κ3) is 4.19. The summed E-state index contributed by atoms with van der Waals surface area (Å²) in [5, 5.41) is 0. The molecule has 0 atom stereocenters. The van der Waals surface area contributed by atoms with Gasteiger partial charge in [-0.3, -0.25) is 4.98 Å². The normalized spacial score (nSPS) is 15.7. The van der Waals surface area contributed by atoms with Crippen molar-refractivity contribution in [3.05, 3.63) is 54.1 Å². The molecule has 1 aromatic carbocycles. The highest BCUT2D eigenvalue weighted by Gasteiger charge is 2.26. The van der Waals surface area contributed by atoms with E-state index in [1.807, 2.05) is 0 Å². The lowest BCUT2D eigenvalue weighted by atomic mass is 10.2. The summed E-state index contributed by atoms with van der Waals surface area (Å²) in [5.74, 6) is -0.616. The molecule has 132 valence electrons. The molecule has 2 heterocycles. The second-order valence-corrected chi connectivity index (χ2v) is 7.27. The molecule has 1 fully saturated rings. The smallest absolute Gasteiger partial charge is 0.358 e. The lowest BCUT2D eigenvalue weighted by Gasteiger charge is -2.26. The number of esters is 1. The van der Waals surface area contributed by atoms with Crippen LogP contribution >= 0.6 is 0 Å². The van der Waals surface area contributed by atoms with Crippen LogP contribution in [0.15, 0.2) is 47.8 Å². The van der Waals surface area contributed by atoms with Gasteiger partial charge in [-0.15, -0.1) is 0 Å². The Morgan fingerprint density at radius 3 is 2.76 bits per heavy atom. The van der Waals surface area contributed by atoms with Gasteiger partial charge in [0.2, 0.25) is 10.0 Å². The van der Waals surface area contributed by atoms with E-state index in [-0.39, 0.29) is 17.2 Å². The lowest BCUT2D eigenvalue weighted by molar-refractivity contribution is 0.0465. The number of ether oxygens (including phenoxy) is 2. The number of nitrogens with zero attached hydrogens (tertiary/aromatic N) is 3. The van der Waals surface area contributed by atoms with Gasteiger partial charge in [0.15, 0.2) is 5.69 Å². The van der Waals surface area contributed by atoms with E-state index in [2.05, 4.69) is 9.97 Å². The van der Waals surface area contributed by atoms with E-state index < -0.39 is 16.0 Å². The van der Waals surface area contributed by atoms with Gasteiger partial charge in [0.05, 0.1) is 24.3 Å². The van der Waals surface area contributed by atoms with E-state index in [1.54, 1.807) is 12.1 Å². The van der Waals surface area contributed by atoms with Gasteiger partial charge in [-0.25, -0.2) is 18.2 Å². The molecule has 0 radical (unpaired) electrons. The maximum Gasteiger partial charge on any atom is 0.358 e. The van der Waals surface area contributed by atoms with Crippen LogP contribution in [0.3, 0.4) is 0 Å². The van der Waals surface area contributed by atoms with Gasteiger partial charge >= 0.3 is 5.97 Å². The molecule has 0 amide bonds. The molecule has 0 saturated carbocycles. The SMILES string of the molecule is O=C(OCc1cccc(S(=O)(=O)N2CCOCC2)c1)c1cnccn1. The first kappa shape index (κ1) is 17.5. The zero-order valence-corrected chi connectivity index (χ0v) is 14.2. The van der Waals surface area contributed by atoms with E-state index in [0.717, 1.165) is 0 Å². The number of hydrogen-bond donors (Lipinski definition) is 0. The van der Waals surface area contributed by atoms with Gasteiger partial charge in [-0.05, 0) is 17.7 Å². The molecule has 2 aromatic rings. The lowest BCUT2D eigenvalue weighted by Crippen LogP contribution is -2.40. The van der Waals surface area contributed by atoms with E-state index in [0.29, 0.717) is 31.9 Å². The Labute approximate surface area is 145 Å². The third-order valence-electron chi connectivity index (χ3n) is 3.65. The Bertz CT molecular complexity index is 836. The van der Waals surface area contributed by atoms with Crippen molar-refractivity contribution in [3.63, 3.8) is 0 Å². The van der Waals surface area contributed by atoms with Crippen LogP contribution in [0.4, 0.5) is 0 Å². The van der Waals surface area contributed by atoms with Crippen molar-refractivity contribution < 1.29 is 22.7 Å². The van der Waals surface area contributed by atoms with Gasteiger partial charge in [-0.2, -0.15) is 4.31 Å². The van der Waals surface area contributed by atoms with Crippen molar-refractivity contribution in [2.75, 3.05) is 26.3 Å². The summed E-state index contributed by atoms with van der Waals surface area (Å²) in [7, 11) is -3.58. The molecule has 3 rings (SSSR count). The van der Waals surface area contributed by atoms with Gasteiger partial charge in [0.25, 0.3) is 0 Å². The van der Waals surface area contributed by atoms with Crippen molar-refractivity contribution in [3.8, 4) is 0 Å². The van der Waals surface area contributed by atoms with E-state index in [9.17, 15) is 13.2 Å². The Balaban J connectivity index is 1.70. The van der Waals surface area contributed by atoms with Crippen molar-refractivity contribution in [1.29, 1.82) is 0 Å². The molecule has 1 aromatic heterocycles. The number of carbonyl (C=O) groups is 1. The zero-order valence-electron chi connectivity index (χ0n) is 13.4. The number of carbonyl (C=O) groups excluding carboxylic acids is 1. The zero-order chi connectivity index (χ0) is 17.7. The van der Waals surface area contributed by atoms with Gasteiger partial charge < -0.3 is 9.47 Å². The molecule has 0 N–H and O–H groups in total. The molecule has 1 aliphatic heterocycles. The fourth-order valence-corrected chi connectivity index (χ4v) is 3.84. The standard InChI is InChI=1S/C16H17N3O5S/c20-16(15-11-17-4-5-18-15)24-12-13-2-1-3-14(10-13)25(21,22)19-6-8-23-9-7-19/h1-5,10-11H,6-9,12H2. The monoisotopic (exact) mass is 363 g/mol. The highest BCUT2D eigenvalue weighted by Crippen LogP contribution is 2.19. The fourth-order valence-electron chi connectivity index (χ4n) is 2.36. The van der Waals surface area contributed by atoms with E-state index in [4.69, 9.17) is 9.47 Å². The first-order chi connectivity index (χ1) is 12.1. The van der Waals surface area contributed by atoms with Crippen LogP contribution in [0.25, 0.3) is 0 Å². The molecule has 0 spiro atoms. The summed E-state index contributed by atoms with van der Waals surface area (Å²) in [6.07, 6.45) is 4.16. The number of morpholine rings is 1. The molecule has 8 nitrogen and oxygen atoms in total. The van der Waals surface area contributed by atoms with Crippen molar-refractivity contribution >= 4 is 16.0 Å². The maximum atomic E-state index is 12.6. The molecule has 1 saturated heterocycles. The summed E-state index contributed by atoms with van der Waals surface area (Å²) in [5.41, 5.74) is 0.672. The summed E-state index contributed by atoms with van der Waals surface area (Å²) in [6, 6.07) is 6.36. The molecule has 0 aliphatic carbocycles. The van der Waals surface area contributed by atoms with Crippen molar-refractivity contribution in [2.24, 2.45) is 0 Å². The molecular weight excluding hydrogens is 346 g/mol. The second kappa shape index (κ2) is 7.68. The Morgan fingerprint density at radius 2 is 2.04 bits per heavy atom. The average molecular weight is 363 g/mol. The Morgan fingerprint density at radius 1 is 1.24 bits per heavy atom. The quantitative estimate of drug-likeness (QED) is 0.726. The number of benzene rings is 1. The summed E-state index contributed by atoms with van der Waals surface area (Å²) in [6.45, 7) is 1.37. The largest absolute Gasteiger partial charge is 0.456 e. The molecule has 1 aliphatic rings. The highest BCUT2D eigenvalue weighted by atomic mass is 32.2. The van der Waals surface area contributed by atoms with Crippen molar-refractivity contribution in [1.82, 2.24) is 14.3 Å². The summed E-state index contributed by atoms with van der Waals surface area (Å²) < 4.78 is 37.0. The summed E-state index contributed by atoms with van der Waals surface area (Å²) in [4.78, 5) is 19.7. The maximum absolute atomic E-state index is 12.6. The number of hydrogen-bond acceptors (Lipinski definition) is 7. The minimum absolute atomic E-state index is 0.0537. The van der Waals surface area contributed by atoms with Crippen LogP contribution in [0, 0.1) is 0 Å². The molecule has 9 heteroatoms. The van der Waals surface area contributed by atoms with Gasteiger partial charge in [-0.1, -0.05) is 12.1 Å². The topological polar surface area (TPSA) is 98.7 Å². The predicted molar refractivity (Wildman–Crippen MR) is 87.2 cm³/mol. The first-order valence-corrected chi connectivity index (χ1v) is 9.11. The number of sulfonamides is 1. The Hall–Kier alpha value is -2.36. The van der Waals surface area contributed by atoms with Gasteiger partial charge in [0.1, 0.15) is 6.61 Å². The van der Waals surface area contributed by atoms with E-state index in [1.165, 1.54) is 35.0 Å². The number of aromatic nitrogens is 2. The van der Waals surface area contributed by atoms with Crippen LogP contribution in [-0.4, -0.2) is 55.0 Å². The summed E-state index contributed by atoms with van der Waals surface area (Å²) >= 11 is 0. The third-order valence-corrected chi connectivity index (χ3v) is 5.54. The van der Waals surface area contributed by atoms with Crippen LogP contribution in [0.1, 0.15) is 16.1 Å². The molecule has 0 bridgehead atoms. The molecular formula is C16H17N3O5S. The van der Waals surface area contributed by atoms with Crippen LogP contribution < -0.4 is 0 Å². The van der Waals surface area contributed by atoms with Crippen LogP contribution in [-0.2, 0) is 26.1 Å². The van der Waals surface area contributed by atoms with Crippen LogP contribution in [0.2, 0.25) is 0 Å². The Kier molecular flexibility index (Phi) is 5.37. The first-order valence-electron chi connectivity index (χ1n) is 7.67. The molecule has 0 unspecified atom stereocenters. The second-order valence-electron chi connectivity index (χ2n) is 5.33. The van der Waals surface area contributed by atoms with Crippen LogP contribution in [0.5, 0.6) is 0 Å². The molecule has 25 heavy (non-hydrogen) atoms. The number of rotatable bonds is 5. The fraction of sp³-hybridized carbons (Fsp3) is 0.312. The minimum atomic E-state index is -3.58. The minimum Gasteiger partial charge on any atom is -0.456 e. The van der Waals surface area contributed by atoms with Gasteiger partial charge in [0, 0.05) is 25.5 Å². The predicted octanol–water partition coefficient (Wildman–Crippen LogP) is 0.854. The van der Waals surface area contributed by atoms with E-state index >= 15 is 0 Å².